The number of benzene rings is 1. The minimum Gasteiger partial charge on any atom is -0.449 e. The minimum atomic E-state index is 0.639. The molecule has 0 amide bonds. The molecular weight excluding hydrogens is 248 g/mol. The topological polar surface area (TPSA) is 38.1 Å². The van der Waals surface area contributed by atoms with Crippen molar-refractivity contribution in [2.24, 2.45) is 5.92 Å². The first-order chi connectivity index (χ1) is 9.76. The van der Waals surface area contributed by atoms with Crippen LogP contribution in [0.4, 0.5) is 5.69 Å². The van der Waals surface area contributed by atoms with Gasteiger partial charge in [0.1, 0.15) is 12.0 Å². The summed E-state index contributed by atoms with van der Waals surface area (Å²) in [6, 6.07) is 9.14. The van der Waals surface area contributed by atoms with E-state index in [1.165, 1.54) is 31.4 Å². The molecule has 0 saturated heterocycles. The number of hydrogen-bond acceptors (Lipinski definition) is 3. The van der Waals surface area contributed by atoms with Gasteiger partial charge >= 0.3 is 0 Å². The molecule has 2 atom stereocenters. The van der Waals surface area contributed by atoms with Gasteiger partial charge in [-0.3, -0.25) is 0 Å². The van der Waals surface area contributed by atoms with Crippen LogP contribution in [0.5, 0.6) is 0 Å². The fourth-order valence-corrected chi connectivity index (χ4v) is 3.16. The normalized spacial score (nSPS) is 22.1. The zero-order valence-corrected chi connectivity index (χ0v) is 12.2. The third kappa shape index (κ3) is 2.72. The lowest BCUT2D eigenvalue weighted by Gasteiger charge is -2.20. The molecule has 2 aromatic rings. The third-order valence-corrected chi connectivity index (χ3v) is 4.34. The summed E-state index contributed by atoms with van der Waals surface area (Å²) in [4.78, 5) is 4.35. The maximum absolute atomic E-state index is 5.26. The number of aromatic nitrogens is 1. The highest BCUT2D eigenvalue weighted by atomic mass is 16.3. The fourth-order valence-electron chi connectivity index (χ4n) is 3.16. The van der Waals surface area contributed by atoms with Crippen LogP contribution in [0.2, 0.25) is 0 Å². The molecule has 1 aromatic carbocycles. The molecule has 20 heavy (non-hydrogen) atoms. The van der Waals surface area contributed by atoms with Crippen LogP contribution in [0.25, 0.3) is 11.3 Å². The van der Waals surface area contributed by atoms with Crippen molar-refractivity contribution < 1.29 is 4.42 Å². The van der Waals surface area contributed by atoms with Crippen molar-refractivity contribution in [3.8, 4) is 11.3 Å². The van der Waals surface area contributed by atoms with E-state index in [0.29, 0.717) is 11.9 Å². The van der Waals surface area contributed by atoms with Crippen LogP contribution in [-0.2, 0) is 0 Å². The lowest BCUT2D eigenvalue weighted by Crippen LogP contribution is -2.23. The van der Waals surface area contributed by atoms with Crippen LogP contribution in [0.3, 0.4) is 0 Å². The van der Waals surface area contributed by atoms with Crippen molar-refractivity contribution >= 4 is 5.69 Å². The van der Waals surface area contributed by atoms with Crippen molar-refractivity contribution in [3.63, 3.8) is 0 Å². The largest absolute Gasteiger partial charge is 0.449 e. The van der Waals surface area contributed by atoms with Crippen LogP contribution in [0, 0.1) is 12.8 Å². The van der Waals surface area contributed by atoms with E-state index in [4.69, 9.17) is 4.42 Å². The molecule has 0 spiro atoms. The lowest BCUT2D eigenvalue weighted by atomic mass is 10.0. The van der Waals surface area contributed by atoms with Gasteiger partial charge in [-0.15, -0.1) is 0 Å². The van der Waals surface area contributed by atoms with Crippen LogP contribution in [-0.4, -0.2) is 11.0 Å². The molecular formula is C17H22N2O. The van der Waals surface area contributed by atoms with Crippen LogP contribution < -0.4 is 5.32 Å². The molecule has 1 aliphatic rings. The molecule has 0 radical (unpaired) electrons. The molecule has 3 heteroatoms. The van der Waals surface area contributed by atoms with Crippen molar-refractivity contribution in [2.75, 3.05) is 5.32 Å². The van der Waals surface area contributed by atoms with Gasteiger partial charge in [-0.2, -0.15) is 0 Å². The summed E-state index contributed by atoms with van der Waals surface area (Å²) in [6.07, 6.45) is 7.00. The Balaban J connectivity index is 1.70. The van der Waals surface area contributed by atoms with Gasteiger partial charge in [-0.25, -0.2) is 4.98 Å². The Hall–Kier alpha value is -1.77. The smallest absolute Gasteiger partial charge is 0.191 e. The number of nitrogens with zero attached hydrogens (tertiary/aromatic N) is 1. The molecule has 3 rings (SSSR count). The molecule has 0 bridgehead atoms. The standard InChI is InChI=1S/C17H22N2O/c1-3-13-5-4-6-16(13)19-15-9-7-14(8-10-15)17-11-20-12(2)18-17/h7-11,13,16,19H,3-6H2,1-2H3. The summed E-state index contributed by atoms with van der Waals surface area (Å²) in [6.45, 7) is 4.16. The molecule has 1 heterocycles. The first kappa shape index (κ1) is 13.2. The Kier molecular flexibility index (Phi) is 3.77. The highest BCUT2D eigenvalue weighted by Crippen LogP contribution is 2.31. The van der Waals surface area contributed by atoms with E-state index >= 15 is 0 Å². The minimum absolute atomic E-state index is 0.639. The average molecular weight is 270 g/mol. The van der Waals surface area contributed by atoms with Crippen molar-refractivity contribution in [1.82, 2.24) is 4.98 Å². The Labute approximate surface area is 120 Å². The summed E-state index contributed by atoms with van der Waals surface area (Å²) in [5.41, 5.74) is 3.21. The van der Waals surface area contributed by atoms with Crippen molar-refractivity contribution in [3.05, 3.63) is 36.4 Å². The second kappa shape index (κ2) is 5.70. The SMILES string of the molecule is CCC1CCCC1Nc1ccc(-c2coc(C)n2)cc1. The Morgan fingerprint density at radius 2 is 2.05 bits per heavy atom. The Morgan fingerprint density at radius 3 is 2.70 bits per heavy atom. The molecule has 1 N–H and O–H groups in total. The molecule has 2 unspecified atom stereocenters. The summed E-state index contributed by atoms with van der Waals surface area (Å²) in [5.74, 6) is 1.53. The highest BCUT2D eigenvalue weighted by Gasteiger charge is 2.25. The van der Waals surface area contributed by atoms with Crippen molar-refractivity contribution in [1.29, 1.82) is 0 Å². The summed E-state index contributed by atoms with van der Waals surface area (Å²) < 4.78 is 5.26. The number of aryl methyl sites for hydroxylation is 1. The van der Waals surface area contributed by atoms with Crippen molar-refractivity contribution in [2.45, 2.75) is 45.6 Å². The number of anilines is 1. The van der Waals surface area contributed by atoms with E-state index in [0.717, 1.165) is 17.2 Å². The predicted molar refractivity (Wildman–Crippen MR) is 81.7 cm³/mol. The van der Waals surface area contributed by atoms with Gasteiger partial charge in [0, 0.05) is 24.2 Å². The zero-order valence-electron chi connectivity index (χ0n) is 12.2. The molecule has 1 fully saturated rings. The highest BCUT2D eigenvalue weighted by molar-refractivity contribution is 5.62. The first-order valence-corrected chi connectivity index (χ1v) is 7.55. The molecule has 106 valence electrons. The van der Waals surface area contributed by atoms with Crippen LogP contribution in [0.1, 0.15) is 38.5 Å². The number of oxazole rings is 1. The van der Waals surface area contributed by atoms with Gasteiger partial charge in [0.15, 0.2) is 5.89 Å². The number of hydrogen-bond donors (Lipinski definition) is 1. The molecule has 1 saturated carbocycles. The molecule has 0 aliphatic heterocycles. The van der Waals surface area contributed by atoms with Gasteiger partial charge in [0.2, 0.25) is 0 Å². The Morgan fingerprint density at radius 1 is 1.25 bits per heavy atom. The second-order valence-corrected chi connectivity index (χ2v) is 5.68. The van der Waals surface area contributed by atoms with E-state index in [1.54, 1.807) is 6.26 Å². The number of rotatable bonds is 4. The summed E-state index contributed by atoms with van der Waals surface area (Å²) in [7, 11) is 0. The maximum atomic E-state index is 5.26. The maximum Gasteiger partial charge on any atom is 0.191 e. The second-order valence-electron chi connectivity index (χ2n) is 5.68. The van der Waals surface area contributed by atoms with E-state index in [-0.39, 0.29) is 0 Å². The Bertz CT molecular complexity index is 559. The van der Waals surface area contributed by atoms with Gasteiger partial charge < -0.3 is 9.73 Å². The third-order valence-electron chi connectivity index (χ3n) is 4.34. The van der Waals surface area contributed by atoms with E-state index in [2.05, 4.69) is 41.5 Å². The molecule has 1 aromatic heterocycles. The zero-order chi connectivity index (χ0) is 13.9. The van der Waals surface area contributed by atoms with Gasteiger partial charge in [-0.05, 0) is 30.9 Å². The fraction of sp³-hybridized carbons (Fsp3) is 0.471. The lowest BCUT2D eigenvalue weighted by molar-refractivity contribution is 0.489. The van der Waals surface area contributed by atoms with E-state index in [1.807, 2.05) is 6.92 Å². The summed E-state index contributed by atoms with van der Waals surface area (Å²) in [5, 5.41) is 3.68. The number of nitrogens with one attached hydrogen (secondary N) is 1. The van der Waals surface area contributed by atoms with Crippen LogP contribution in [0.15, 0.2) is 34.9 Å². The monoisotopic (exact) mass is 270 g/mol. The summed E-state index contributed by atoms with van der Waals surface area (Å²) >= 11 is 0. The van der Waals surface area contributed by atoms with Crippen LogP contribution >= 0.6 is 0 Å². The van der Waals surface area contributed by atoms with Gasteiger partial charge in [-0.1, -0.05) is 31.9 Å². The van der Waals surface area contributed by atoms with E-state index in [9.17, 15) is 0 Å². The predicted octanol–water partition coefficient (Wildman–Crippen LogP) is 4.64. The quantitative estimate of drug-likeness (QED) is 0.879. The first-order valence-electron chi connectivity index (χ1n) is 7.55. The van der Waals surface area contributed by atoms with Gasteiger partial charge in [0.25, 0.3) is 0 Å². The van der Waals surface area contributed by atoms with E-state index < -0.39 is 0 Å². The van der Waals surface area contributed by atoms with Gasteiger partial charge in [0.05, 0.1) is 0 Å². The molecule has 3 nitrogen and oxygen atoms in total. The average Bonchev–Trinajstić information content (AvgIpc) is 3.08. The molecule has 1 aliphatic carbocycles.